The molecule has 0 radical (unpaired) electrons. The molecule has 2 nitrogen and oxygen atoms in total. The predicted molar refractivity (Wildman–Crippen MR) is 98.4 cm³/mol. The van der Waals surface area contributed by atoms with E-state index in [4.69, 9.17) is 0 Å². The molecule has 144 valence electrons. The number of hydrogen-bond acceptors (Lipinski definition) is 2. The monoisotopic (exact) mass is 375 g/mol. The zero-order valence-corrected chi connectivity index (χ0v) is 15.4. The number of likely N-dealkylation sites (tertiary alicyclic amines) is 1. The summed E-state index contributed by atoms with van der Waals surface area (Å²) in [7, 11) is 0. The second-order valence-corrected chi connectivity index (χ2v) is 7.91. The predicted octanol–water partition coefficient (Wildman–Crippen LogP) is 5.20. The Balaban J connectivity index is 1.23. The number of aryl methyl sites for hydroxylation is 2. The van der Waals surface area contributed by atoms with E-state index in [1.807, 2.05) is 6.07 Å². The highest BCUT2D eigenvalue weighted by molar-refractivity contribution is 5.29. The van der Waals surface area contributed by atoms with Gasteiger partial charge < -0.3 is 4.74 Å². The van der Waals surface area contributed by atoms with Crippen molar-refractivity contribution in [3.8, 4) is 5.75 Å². The standard InChI is InChI=1S/C22H24F3NO/c1-15-5-7-17(8-6-15)12-26-13-20-19(21(20)14-26)10-9-16-3-2-4-18(11-16)27-22(23,24)25/h2-8,11,19-21H,9-10,12-14H2,1H3. The van der Waals surface area contributed by atoms with Crippen LogP contribution in [0.3, 0.4) is 0 Å². The molecule has 0 aromatic heterocycles. The minimum atomic E-state index is -4.63. The third kappa shape index (κ3) is 4.64. The molecule has 0 bridgehead atoms. The van der Waals surface area contributed by atoms with E-state index in [9.17, 15) is 13.2 Å². The van der Waals surface area contributed by atoms with Crippen LogP contribution in [0.4, 0.5) is 13.2 Å². The van der Waals surface area contributed by atoms with Gasteiger partial charge in [-0.2, -0.15) is 0 Å². The van der Waals surface area contributed by atoms with Crippen molar-refractivity contribution in [2.75, 3.05) is 13.1 Å². The maximum Gasteiger partial charge on any atom is 0.573 e. The number of piperidine rings is 1. The van der Waals surface area contributed by atoms with E-state index in [-0.39, 0.29) is 5.75 Å². The highest BCUT2D eigenvalue weighted by Crippen LogP contribution is 2.54. The number of halogens is 3. The van der Waals surface area contributed by atoms with Gasteiger partial charge in [0.1, 0.15) is 5.75 Å². The molecule has 2 aromatic rings. The number of hydrogen-bond donors (Lipinski definition) is 0. The number of ether oxygens (including phenoxy) is 1. The van der Waals surface area contributed by atoms with Crippen LogP contribution in [0, 0.1) is 24.7 Å². The lowest BCUT2D eigenvalue weighted by molar-refractivity contribution is -0.274. The van der Waals surface area contributed by atoms with Crippen molar-refractivity contribution in [1.29, 1.82) is 0 Å². The minimum absolute atomic E-state index is 0.125. The first-order chi connectivity index (χ1) is 12.9. The van der Waals surface area contributed by atoms with Gasteiger partial charge in [-0.1, -0.05) is 42.0 Å². The molecule has 1 aliphatic carbocycles. The second-order valence-electron chi connectivity index (χ2n) is 7.91. The molecule has 0 amide bonds. The Morgan fingerprint density at radius 3 is 2.37 bits per heavy atom. The van der Waals surface area contributed by atoms with E-state index in [1.54, 1.807) is 6.07 Å². The Morgan fingerprint density at radius 1 is 1.00 bits per heavy atom. The SMILES string of the molecule is Cc1ccc(CN2CC3C(CCc4cccc(OC(F)(F)F)c4)C3C2)cc1. The van der Waals surface area contributed by atoms with E-state index in [0.29, 0.717) is 5.92 Å². The van der Waals surface area contributed by atoms with Crippen molar-refractivity contribution in [3.63, 3.8) is 0 Å². The summed E-state index contributed by atoms with van der Waals surface area (Å²) in [5, 5.41) is 0. The fourth-order valence-electron chi connectivity index (χ4n) is 4.48. The van der Waals surface area contributed by atoms with Gasteiger partial charge in [-0.25, -0.2) is 0 Å². The third-order valence-electron chi connectivity index (χ3n) is 5.87. The van der Waals surface area contributed by atoms with Crippen LogP contribution in [0.1, 0.15) is 23.1 Å². The zero-order valence-electron chi connectivity index (χ0n) is 15.4. The van der Waals surface area contributed by atoms with Crippen molar-refractivity contribution in [3.05, 3.63) is 65.2 Å². The minimum Gasteiger partial charge on any atom is -0.406 e. The number of rotatable bonds is 6. The summed E-state index contributed by atoms with van der Waals surface area (Å²) in [6.45, 7) is 5.39. The molecule has 2 aliphatic rings. The van der Waals surface area contributed by atoms with E-state index >= 15 is 0 Å². The third-order valence-corrected chi connectivity index (χ3v) is 5.87. The van der Waals surface area contributed by atoms with Gasteiger partial charge >= 0.3 is 6.36 Å². The Bertz CT molecular complexity index is 775. The summed E-state index contributed by atoms with van der Waals surface area (Å²) in [6.07, 6.45) is -2.78. The van der Waals surface area contributed by atoms with Crippen molar-refractivity contribution in [2.24, 2.45) is 17.8 Å². The molecule has 0 spiro atoms. The molecule has 1 saturated carbocycles. The summed E-state index contributed by atoms with van der Waals surface area (Å²) in [5.74, 6) is 2.10. The summed E-state index contributed by atoms with van der Waals surface area (Å²) in [6, 6.07) is 15.1. The molecule has 1 saturated heterocycles. The number of fused-ring (bicyclic) bond motifs is 1. The van der Waals surface area contributed by atoms with Crippen LogP contribution in [0.5, 0.6) is 5.75 Å². The molecule has 2 unspecified atom stereocenters. The smallest absolute Gasteiger partial charge is 0.406 e. The molecule has 2 aromatic carbocycles. The first-order valence-corrected chi connectivity index (χ1v) is 9.50. The Morgan fingerprint density at radius 2 is 1.70 bits per heavy atom. The lowest BCUT2D eigenvalue weighted by Crippen LogP contribution is -2.24. The average Bonchev–Trinajstić information content (AvgIpc) is 3.05. The number of alkyl halides is 3. The van der Waals surface area contributed by atoms with Crippen molar-refractivity contribution >= 4 is 0 Å². The molecule has 2 atom stereocenters. The molecule has 5 heteroatoms. The fraction of sp³-hybridized carbons (Fsp3) is 0.455. The van der Waals surface area contributed by atoms with Crippen molar-refractivity contribution in [1.82, 2.24) is 4.90 Å². The van der Waals surface area contributed by atoms with Crippen molar-refractivity contribution in [2.45, 2.75) is 32.7 Å². The maximum absolute atomic E-state index is 12.3. The van der Waals surface area contributed by atoms with Gasteiger partial charge in [0.2, 0.25) is 0 Å². The molecule has 1 heterocycles. The highest BCUT2D eigenvalue weighted by Gasteiger charge is 2.54. The van der Waals surface area contributed by atoms with E-state index in [1.165, 1.54) is 23.3 Å². The number of nitrogens with zero attached hydrogens (tertiary/aromatic N) is 1. The van der Waals surface area contributed by atoms with Gasteiger partial charge in [0, 0.05) is 19.6 Å². The first-order valence-electron chi connectivity index (χ1n) is 9.50. The molecule has 0 N–H and O–H groups in total. The first kappa shape index (κ1) is 18.4. The lowest BCUT2D eigenvalue weighted by atomic mass is 10.0. The van der Waals surface area contributed by atoms with Crippen LogP contribution in [-0.4, -0.2) is 24.4 Å². The quantitative estimate of drug-likeness (QED) is 0.688. The van der Waals surface area contributed by atoms with Gasteiger partial charge in [-0.3, -0.25) is 4.90 Å². The molecule has 27 heavy (non-hydrogen) atoms. The maximum atomic E-state index is 12.3. The van der Waals surface area contributed by atoms with Crippen LogP contribution < -0.4 is 4.74 Å². The van der Waals surface area contributed by atoms with Crippen LogP contribution in [0.15, 0.2) is 48.5 Å². The molecular formula is C22H24F3NO. The van der Waals surface area contributed by atoms with Gasteiger partial charge in [-0.15, -0.1) is 13.2 Å². The molecular weight excluding hydrogens is 351 g/mol. The Hall–Kier alpha value is -2.01. The molecule has 1 aliphatic heterocycles. The van der Waals surface area contributed by atoms with Crippen LogP contribution in [0.2, 0.25) is 0 Å². The van der Waals surface area contributed by atoms with Gasteiger partial charge in [0.15, 0.2) is 0 Å². The van der Waals surface area contributed by atoms with E-state index in [0.717, 1.165) is 49.9 Å². The van der Waals surface area contributed by atoms with Crippen LogP contribution >= 0.6 is 0 Å². The lowest BCUT2D eigenvalue weighted by Gasteiger charge is -2.19. The highest BCUT2D eigenvalue weighted by atomic mass is 19.4. The van der Waals surface area contributed by atoms with E-state index < -0.39 is 6.36 Å². The largest absolute Gasteiger partial charge is 0.573 e. The fourth-order valence-corrected chi connectivity index (χ4v) is 4.48. The van der Waals surface area contributed by atoms with Crippen LogP contribution in [-0.2, 0) is 13.0 Å². The Kier molecular flexibility index (Phi) is 4.89. The van der Waals surface area contributed by atoms with Gasteiger partial charge in [0.25, 0.3) is 0 Å². The van der Waals surface area contributed by atoms with Gasteiger partial charge in [0.05, 0.1) is 0 Å². The summed E-state index contributed by atoms with van der Waals surface area (Å²) in [4.78, 5) is 2.52. The number of benzene rings is 2. The summed E-state index contributed by atoms with van der Waals surface area (Å²) >= 11 is 0. The average molecular weight is 375 g/mol. The van der Waals surface area contributed by atoms with Crippen LogP contribution in [0.25, 0.3) is 0 Å². The van der Waals surface area contributed by atoms with E-state index in [2.05, 4.69) is 40.8 Å². The Labute approximate surface area is 157 Å². The second kappa shape index (κ2) is 7.19. The topological polar surface area (TPSA) is 12.5 Å². The normalized spacial score (nSPS) is 24.7. The molecule has 2 fully saturated rings. The van der Waals surface area contributed by atoms with Gasteiger partial charge in [-0.05, 0) is 60.8 Å². The summed E-state index contributed by atoms with van der Waals surface area (Å²) < 4.78 is 41.0. The molecule has 4 rings (SSSR count). The summed E-state index contributed by atoms with van der Waals surface area (Å²) in [5.41, 5.74) is 3.56. The van der Waals surface area contributed by atoms with Crippen molar-refractivity contribution < 1.29 is 17.9 Å². The zero-order chi connectivity index (χ0) is 19.0.